The van der Waals surface area contributed by atoms with E-state index in [4.69, 9.17) is 17.3 Å². The fourth-order valence-electron chi connectivity index (χ4n) is 1.50. The summed E-state index contributed by atoms with van der Waals surface area (Å²) in [7, 11) is 0. The quantitative estimate of drug-likeness (QED) is 0.893. The van der Waals surface area contributed by atoms with Gasteiger partial charge in [0.05, 0.1) is 15.2 Å². The van der Waals surface area contributed by atoms with Gasteiger partial charge < -0.3 is 5.73 Å². The number of nitrogens with two attached hydrogens (primary N) is 1. The number of hydrogen-bond donors (Lipinski definition) is 1. The summed E-state index contributed by atoms with van der Waals surface area (Å²) in [6, 6.07) is 5.83. The zero-order chi connectivity index (χ0) is 10.8. The molecule has 0 amide bonds. The van der Waals surface area contributed by atoms with Crippen LogP contribution >= 0.6 is 22.9 Å². The minimum absolute atomic E-state index is 0.436. The van der Waals surface area contributed by atoms with E-state index in [0.717, 1.165) is 22.0 Å². The maximum absolute atomic E-state index is 5.91. The van der Waals surface area contributed by atoms with Crippen LogP contribution in [0.2, 0.25) is 5.02 Å². The maximum Gasteiger partial charge on any atom is 0.0967 e. The molecule has 0 aliphatic heterocycles. The predicted octanol–water partition coefficient (Wildman–Crippen LogP) is 3.40. The highest BCUT2D eigenvalue weighted by molar-refractivity contribution is 7.18. The van der Waals surface area contributed by atoms with E-state index in [9.17, 15) is 0 Å². The van der Waals surface area contributed by atoms with Crippen molar-refractivity contribution in [3.05, 3.63) is 28.2 Å². The molecule has 0 saturated carbocycles. The molecule has 2 rings (SSSR count). The Labute approximate surface area is 98.1 Å². The summed E-state index contributed by atoms with van der Waals surface area (Å²) in [5, 5.41) is 1.89. The molecule has 2 aromatic rings. The fraction of sp³-hybridized carbons (Fsp3) is 0.364. The van der Waals surface area contributed by atoms with Gasteiger partial charge in [0.2, 0.25) is 0 Å². The molecule has 0 aliphatic rings. The standard InChI is InChI=1S/C11H13ClN2S/c1-7(4-5-13)11-14-9-6-8(12)2-3-10(9)15-11/h2-3,6-7H,4-5,13H2,1H3. The van der Waals surface area contributed by atoms with E-state index in [-0.39, 0.29) is 0 Å². The van der Waals surface area contributed by atoms with Crippen molar-refractivity contribution >= 4 is 33.2 Å². The number of rotatable bonds is 3. The summed E-state index contributed by atoms with van der Waals surface area (Å²) >= 11 is 7.64. The Morgan fingerprint density at radius 1 is 1.53 bits per heavy atom. The van der Waals surface area contributed by atoms with Gasteiger partial charge in [0.15, 0.2) is 0 Å². The minimum atomic E-state index is 0.436. The lowest BCUT2D eigenvalue weighted by molar-refractivity contribution is 0.687. The topological polar surface area (TPSA) is 38.9 Å². The maximum atomic E-state index is 5.91. The Morgan fingerprint density at radius 2 is 2.33 bits per heavy atom. The van der Waals surface area contributed by atoms with E-state index >= 15 is 0 Å². The largest absolute Gasteiger partial charge is 0.330 e. The van der Waals surface area contributed by atoms with Crippen LogP contribution in [-0.4, -0.2) is 11.5 Å². The second kappa shape index (κ2) is 4.47. The molecule has 2 nitrogen and oxygen atoms in total. The molecule has 1 aromatic carbocycles. The highest BCUT2D eigenvalue weighted by Gasteiger charge is 2.10. The molecular weight excluding hydrogens is 228 g/mol. The van der Waals surface area contributed by atoms with Gasteiger partial charge in [0, 0.05) is 10.9 Å². The first kappa shape index (κ1) is 10.9. The predicted molar refractivity (Wildman–Crippen MR) is 66.7 cm³/mol. The van der Waals surface area contributed by atoms with Gasteiger partial charge in [-0.05, 0) is 31.2 Å². The molecule has 0 fully saturated rings. The van der Waals surface area contributed by atoms with Crippen LogP contribution in [0.1, 0.15) is 24.3 Å². The first-order valence-electron chi connectivity index (χ1n) is 4.96. The van der Waals surface area contributed by atoms with Crippen LogP contribution < -0.4 is 5.73 Å². The van der Waals surface area contributed by atoms with Crippen molar-refractivity contribution in [2.24, 2.45) is 5.73 Å². The SMILES string of the molecule is CC(CCN)c1nc2cc(Cl)ccc2s1. The number of aromatic nitrogens is 1. The molecule has 0 aliphatic carbocycles. The number of hydrogen-bond acceptors (Lipinski definition) is 3. The summed E-state index contributed by atoms with van der Waals surface area (Å²) < 4.78 is 1.19. The molecule has 0 saturated heterocycles. The van der Waals surface area contributed by atoms with Crippen LogP contribution in [0.25, 0.3) is 10.2 Å². The Bertz CT molecular complexity index is 467. The summed E-state index contributed by atoms with van der Waals surface area (Å²) in [5.41, 5.74) is 6.53. The molecule has 0 spiro atoms. The van der Waals surface area contributed by atoms with Crippen molar-refractivity contribution in [3.63, 3.8) is 0 Å². The van der Waals surface area contributed by atoms with Crippen LogP contribution in [-0.2, 0) is 0 Å². The van der Waals surface area contributed by atoms with E-state index in [1.54, 1.807) is 11.3 Å². The average Bonchev–Trinajstić information content (AvgIpc) is 2.60. The number of nitrogens with zero attached hydrogens (tertiary/aromatic N) is 1. The molecule has 80 valence electrons. The summed E-state index contributed by atoms with van der Waals surface area (Å²) in [4.78, 5) is 4.57. The zero-order valence-electron chi connectivity index (χ0n) is 8.53. The average molecular weight is 241 g/mol. The Balaban J connectivity index is 2.38. The van der Waals surface area contributed by atoms with Gasteiger partial charge in [0.1, 0.15) is 0 Å². The van der Waals surface area contributed by atoms with Gasteiger partial charge in [-0.1, -0.05) is 18.5 Å². The van der Waals surface area contributed by atoms with Gasteiger partial charge in [-0.15, -0.1) is 11.3 Å². The highest BCUT2D eigenvalue weighted by Crippen LogP contribution is 2.30. The van der Waals surface area contributed by atoms with Crippen LogP contribution in [0.4, 0.5) is 0 Å². The first-order chi connectivity index (χ1) is 7.20. The number of benzene rings is 1. The van der Waals surface area contributed by atoms with Crippen molar-refractivity contribution in [3.8, 4) is 0 Å². The van der Waals surface area contributed by atoms with Crippen LogP contribution in [0, 0.1) is 0 Å². The molecule has 4 heteroatoms. The smallest absolute Gasteiger partial charge is 0.0967 e. The minimum Gasteiger partial charge on any atom is -0.330 e. The number of halogens is 1. The molecular formula is C11H13ClN2S. The van der Waals surface area contributed by atoms with Gasteiger partial charge in [-0.3, -0.25) is 0 Å². The van der Waals surface area contributed by atoms with Gasteiger partial charge in [0.25, 0.3) is 0 Å². The first-order valence-corrected chi connectivity index (χ1v) is 6.16. The second-order valence-electron chi connectivity index (χ2n) is 3.64. The van der Waals surface area contributed by atoms with Gasteiger partial charge in [-0.2, -0.15) is 0 Å². The molecule has 1 unspecified atom stereocenters. The Hall–Kier alpha value is -0.640. The molecule has 1 atom stereocenters. The van der Waals surface area contributed by atoms with Crippen molar-refractivity contribution < 1.29 is 0 Å². The van der Waals surface area contributed by atoms with Crippen LogP contribution in [0.3, 0.4) is 0 Å². The molecule has 0 bridgehead atoms. The van der Waals surface area contributed by atoms with E-state index in [2.05, 4.69) is 11.9 Å². The second-order valence-corrected chi connectivity index (χ2v) is 5.14. The number of fused-ring (bicyclic) bond motifs is 1. The molecule has 15 heavy (non-hydrogen) atoms. The summed E-state index contributed by atoms with van der Waals surface area (Å²) in [6.45, 7) is 2.87. The summed E-state index contributed by atoms with van der Waals surface area (Å²) in [6.07, 6.45) is 0.980. The third kappa shape index (κ3) is 2.30. The third-order valence-electron chi connectivity index (χ3n) is 2.39. The van der Waals surface area contributed by atoms with Crippen LogP contribution in [0.5, 0.6) is 0 Å². The van der Waals surface area contributed by atoms with E-state index in [1.807, 2.05) is 18.2 Å². The van der Waals surface area contributed by atoms with Crippen molar-refractivity contribution in [1.82, 2.24) is 4.98 Å². The lowest BCUT2D eigenvalue weighted by atomic mass is 10.1. The fourth-order valence-corrected chi connectivity index (χ4v) is 2.70. The van der Waals surface area contributed by atoms with Crippen molar-refractivity contribution in [1.29, 1.82) is 0 Å². The van der Waals surface area contributed by atoms with E-state index in [1.165, 1.54) is 4.70 Å². The number of thiazole rings is 1. The third-order valence-corrected chi connectivity index (χ3v) is 3.89. The molecule has 1 heterocycles. The van der Waals surface area contributed by atoms with Crippen molar-refractivity contribution in [2.75, 3.05) is 6.54 Å². The van der Waals surface area contributed by atoms with E-state index in [0.29, 0.717) is 12.5 Å². The van der Waals surface area contributed by atoms with E-state index < -0.39 is 0 Å². The molecule has 1 aromatic heterocycles. The normalized spacial score (nSPS) is 13.3. The molecule has 2 N–H and O–H groups in total. The van der Waals surface area contributed by atoms with Crippen molar-refractivity contribution in [2.45, 2.75) is 19.3 Å². The van der Waals surface area contributed by atoms with Gasteiger partial charge >= 0.3 is 0 Å². The lowest BCUT2D eigenvalue weighted by Crippen LogP contribution is -2.03. The lowest BCUT2D eigenvalue weighted by Gasteiger charge is -2.03. The zero-order valence-corrected chi connectivity index (χ0v) is 10.1. The summed E-state index contributed by atoms with van der Waals surface area (Å²) in [5.74, 6) is 0.436. The monoisotopic (exact) mass is 240 g/mol. The Kier molecular flexibility index (Phi) is 3.24. The van der Waals surface area contributed by atoms with Gasteiger partial charge in [-0.25, -0.2) is 4.98 Å². The highest BCUT2D eigenvalue weighted by atomic mass is 35.5. The Morgan fingerprint density at radius 3 is 3.07 bits per heavy atom. The molecule has 0 radical (unpaired) electrons. The van der Waals surface area contributed by atoms with Crippen LogP contribution in [0.15, 0.2) is 18.2 Å².